The van der Waals surface area contributed by atoms with Gasteiger partial charge in [0.05, 0.1) is 11.7 Å². The van der Waals surface area contributed by atoms with Crippen molar-refractivity contribution in [3.8, 4) is 0 Å². The predicted molar refractivity (Wildman–Crippen MR) is 126 cm³/mol. The molecule has 0 aliphatic carbocycles. The van der Waals surface area contributed by atoms with E-state index in [2.05, 4.69) is 22.2 Å². The van der Waals surface area contributed by atoms with Crippen molar-refractivity contribution in [3.05, 3.63) is 81.8 Å². The number of benzene rings is 2. The van der Waals surface area contributed by atoms with Crippen LogP contribution >= 0.6 is 11.3 Å². The lowest BCUT2D eigenvalue weighted by atomic mass is 9.94. The minimum Gasteiger partial charge on any atom is -0.346 e. The van der Waals surface area contributed by atoms with Crippen LogP contribution in [0.4, 0.5) is 5.69 Å². The van der Waals surface area contributed by atoms with Crippen LogP contribution in [0.5, 0.6) is 0 Å². The summed E-state index contributed by atoms with van der Waals surface area (Å²) >= 11 is -0.562. The summed E-state index contributed by atoms with van der Waals surface area (Å²) in [4.78, 5) is 17.5. The lowest BCUT2D eigenvalue weighted by Crippen LogP contribution is -2.38. The van der Waals surface area contributed by atoms with Crippen molar-refractivity contribution in [1.82, 2.24) is 10.3 Å². The highest BCUT2D eigenvalue weighted by Crippen LogP contribution is 2.26. The van der Waals surface area contributed by atoms with Gasteiger partial charge in [0, 0.05) is 22.9 Å². The van der Waals surface area contributed by atoms with Crippen LogP contribution in [0.3, 0.4) is 0 Å². The summed E-state index contributed by atoms with van der Waals surface area (Å²) in [7, 11) is 0. The van der Waals surface area contributed by atoms with E-state index in [1.54, 1.807) is 23.5 Å². The van der Waals surface area contributed by atoms with E-state index in [4.69, 9.17) is 9.54 Å². The SMILES string of the molecule is CC(C)(C)C(=O)N[C@@H](Cc1ccc(NS(=O)O)cc1)c1nc(Cc2ccccc2)cs1. The predicted octanol–water partition coefficient (Wildman–Crippen LogP) is 4.73. The molecule has 6 nitrogen and oxygen atoms in total. The third kappa shape index (κ3) is 6.99. The monoisotopic (exact) mass is 457 g/mol. The Bertz CT molecular complexity index is 1030. The maximum atomic E-state index is 12.7. The Labute approximate surface area is 189 Å². The minimum absolute atomic E-state index is 0.0359. The zero-order chi connectivity index (χ0) is 22.4. The molecular weight excluding hydrogens is 430 g/mol. The first-order valence-corrected chi connectivity index (χ1v) is 11.9. The topological polar surface area (TPSA) is 91.3 Å². The second kappa shape index (κ2) is 10.2. The van der Waals surface area contributed by atoms with Crippen molar-refractivity contribution in [2.24, 2.45) is 5.41 Å². The second-order valence-corrected chi connectivity index (χ2v) is 9.96. The van der Waals surface area contributed by atoms with Gasteiger partial charge in [0.1, 0.15) is 5.01 Å². The summed E-state index contributed by atoms with van der Waals surface area (Å²) in [6.07, 6.45) is 1.32. The van der Waals surface area contributed by atoms with E-state index in [1.165, 1.54) is 5.56 Å². The van der Waals surface area contributed by atoms with Crippen LogP contribution in [0.25, 0.3) is 0 Å². The van der Waals surface area contributed by atoms with Gasteiger partial charge in [-0.2, -0.15) is 0 Å². The molecule has 0 bridgehead atoms. The first-order chi connectivity index (χ1) is 14.7. The zero-order valence-electron chi connectivity index (χ0n) is 17.8. The summed E-state index contributed by atoms with van der Waals surface area (Å²) < 4.78 is 22.3. The first kappa shape index (κ1) is 23.1. The van der Waals surface area contributed by atoms with E-state index in [9.17, 15) is 9.00 Å². The molecular formula is C23H27N3O3S2. The Kier molecular flexibility index (Phi) is 7.59. The highest BCUT2D eigenvalue weighted by molar-refractivity contribution is 7.80. The average molecular weight is 458 g/mol. The maximum Gasteiger partial charge on any atom is 0.259 e. The molecule has 0 aliphatic rings. The molecule has 2 atom stereocenters. The molecule has 0 saturated carbocycles. The summed E-state index contributed by atoms with van der Waals surface area (Å²) in [6, 6.07) is 17.2. The number of nitrogens with zero attached hydrogens (tertiary/aromatic N) is 1. The van der Waals surface area contributed by atoms with Crippen LogP contribution < -0.4 is 10.0 Å². The fourth-order valence-corrected chi connectivity index (χ4v) is 4.20. The van der Waals surface area contributed by atoms with Gasteiger partial charge in [0.25, 0.3) is 11.3 Å². The van der Waals surface area contributed by atoms with Gasteiger partial charge in [-0.15, -0.1) is 11.3 Å². The number of nitrogens with one attached hydrogen (secondary N) is 2. The van der Waals surface area contributed by atoms with E-state index in [-0.39, 0.29) is 11.9 Å². The molecule has 2 aromatic carbocycles. The summed E-state index contributed by atoms with van der Waals surface area (Å²) in [5.41, 5.74) is 3.21. The van der Waals surface area contributed by atoms with Crippen LogP contribution in [0.2, 0.25) is 0 Å². The minimum atomic E-state index is -2.11. The third-order valence-corrected chi connectivity index (χ3v) is 6.10. The van der Waals surface area contributed by atoms with Crippen molar-refractivity contribution < 1.29 is 13.6 Å². The molecule has 0 spiro atoms. The molecule has 1 heterocycles. The van der Waals surface area contributed by atoms with Crippen LogP contribution in [0.15, 0.2) is 60.0 Å². The number of carbonyl (C=O) groups is 1. The molecule has 3 aromatic rings. The van der Waals surface area contributed by atoms with Gasteiger partial charge < -0.3 is 5.32 Å². The van der Waals surface area contributed by atoms with Gasteiger partial charge in [-0.05, 0) is 29.7 Å². The van der Waals surface area contributed by atoms with Crippen molar-refractivity contribution in [1.29, 1.82) is 0 Å². The Balaban J connectivity index is 1.79. The number of hydrogen-bond donors (Lipinski definition) is 3. The van der Waals surface area contributed by atoms with Gasteiger partial charge in [0.2, 0.25) is 5.91 Å². The van der Waals surface area contributed by atoms with E-state index >= 15 is 0 Å². The molecule has 3 N–H and O–H groups in total. The number of carbonyl (C=O) groups excluding carboxylic acids is 1. The quantitative estimate of drug-likeness (QED) is 0.427. The molecule has 8 heteroatoms. The molecule has 0 radical (unpaired) electrons. The fraction of sp³-hybridized carbons (Fsp3) is 0.304. The van der Waals surface area contributed by atoms with Crippen molar-refractivity contribution in [2.45, 2.75) is 39.7 Å². The van der Waals surface area contributed by atoms with Crippen LogP contribution in [-0.2, 0) is 28.9 Å². The number of aromatic nitrogens is 1. The molecule has 0 aliphatic heterocycles. The summed E-state index contributed by atoms with van der Waals surface area (Å²) in [5, 5.41) is 6.06. The lowest BCUT2D eigenvalue weighted by Gasteiger charge is -2.23. The van der Waals surface area contributed by atoms with Gasteiger partial charge in [-0.3, -0.25) is 14.1 Å². The number of rotatable bonds is 8. The lowest BCUT2D eigenvalue weighted by molar-refractivity contribution is -0.129. The molecule has 0 saturated heterocycles. The number of hydrogen-bond acceptors (Lipinski definition) is 4. The van der Waals surface area contributed by atoms with Gasteiger partial charge in [-0.1, -0.05) is 63.2 Å². The zero-order valence-corrected chi connectivity index (χ0v) is 19.4. The summed E-state index contributed by atoms with van der Waals surface area (Å²) in [6.45, 7) is 5.66. The fourth-order valence-electron chi connectivity index (χ4n) is 2.99. The van der Waals surface area contributed by atoms with E-state index in [0.717, 1.165) is 22.7 Å². The molecule has 0 fully saturated rings. The molecule has 1 aromatic heterocycles. The highest BCUT2D eigenvalue weighted by Gasteiger charge is 2.26. The van der Waals surface area contributed by atoms with Crippen LogP contribution in [0, 0.1) is 5.41 Å². The van der Waals surface area contributed by atoms with Gasteiger partial charge in [-0.25, -0.2) is 9.19 Å². The van der Waals surface area contributed by atoms with Crippen LogP contribution in [-0.4, -0.2) is 19.7 Å². The molecule has 31 heavy (non-hydrogen) atoms. The molecule has 1 amide bonds. The van der Waals surface area contributed by atoms with E-state index in [0.29, 0.717) is 12.1 Å². The Hall–Kier alpha value is -2.55. The number of thiazole rings is 1. The average Bonchev–Trinajstić information content (AvgIpc) is 3.17. The Morgan fingerprint density at radius 2 is 1.77 bits per heavy atom. The standard InChI is InChI=1S/C23H27N3O3S2/c1-23(2,3)22(27)25-20(14-17-9-11-18(12-10-17)26-31(28)29)21-24-19(15-30-21)13-16-7-5-4-6-8-16/h4-12,15,20,26H,13-14H2,1-3H3,(H,25,27)(H,28,29)/t20-/m0/s1. The van der Waals surface area contributed by atoms with E-state index < -0.39 is 16.7 Å². The number of amides is 1. The molecule has 3 rings (SSSR count). The van der Waals surface area contributed by atoms with Crippen LogP contribution in [0.1, 0.15) is 48.6 Å². The second-order valence-electron chi connectivity index (χ2n) is 8.37. The largest absolute Gasteiger partial charge is 0.346 e. The Morgan fingerprint density at radius 3 is 2.39 bits per heavy atom. The van der Waals surface area contributed by atoms with Crippen molar-refractivity contribution in [3.63, 3.8) is 0 Å². The van der Waals surface area contributed by atoms with Crippen molar-refractivity contribution >= 4 is 34.2 Å². The third-order valence-electron chi connectivity index (χ3n) is 4.68. The van der Waals surface area contributed by atoms with Gasteiger partial charge >= 0.3 is 0 Å². The van der Waals surface area contributed by atoms with Crippen molar-refractivity contribution in [2.75, 3.05) is 4.72 Å². The normalized spacial score (nSPS) is 13.4. The van der Waals surface area contributed by atoms with E-state index in [1.807, 2.05) is 56.5 Å². The molecule has 1 unspecified atom stereocenters. The maximum absolute atomic E-state index is 12.7. The Morgan fingerprint density at radius 1 is 1.10 bits per heavy atom. The highest BCUT2D eigenvalue weighted by atomic mass is 32.2. The van der Waals surface area contributed by atoms with Gasteiger partial charge in [0.15, 0.2) is 0 Å². The first-order valence-electron chi connectivity index (χ1n) is 9.96. The number of anilines is 1. The molecule has 164 valence electrons. The smallest absolute Gasteiger partial charge is 0.259 e. The summed E-state index contributed by atoms with van der Waals surface area (Å²) in [5.74, 6) is -0.0359.